The van der Waals surface area contributed by atoms with Crippen LogP contribution in [0.15, 0.2) is 60.8 Å². The summed E-state index contributed by atoms with van der Waals surface area (Å²) in [5, 5.41) is 7.60. The van der Waals surface area contributed by atoms with Gasteiger partial charge in [0.1, 0.15) is 5.75 Å². The van der Waals surface area contributed by atoms with Crippen LogP contribution in [-0.2, 0) is 4.79 Å². The van der Waals surface area contributed by atoms with E-state index in [1.165, 1.54) is 5.57 Å². The Morgan fingerprint density at radius 2 is 2.00 bits per heavy atom. The van der Waals surface area contributed by atoms with E-state index in [-0.39, 0.29) is 23.5 Å². The number of carbonyl (C=O) groups excluding carboxylic acids is 1. The average Bonchev–Trinajstić information content (AvgIpc) is 3.28. The summed E-state index contributed by atoms with van der Waals surface area (Å²) in [6, 6.07) is 15.2. The highest BCUT2D eigenvalue weighted by molar-refractivity contribution is 7.80. The summed E-state index contributed by atoms with van der Waals surface area (Å²) in [6.07, 6.45) is 4.44. The first-order valence-corrected chi connectivity index (χ1v) is 14.1. The van der Waals surface area contributed by atoms with Crippen molar-refractivity contribution in [1.82, 2.24) is 10.3 Å². The van der Waals surface area contributed by atoms with Crippen molar-refractivity contribution >= 4 is 57.5 Å². The minimum atomic E-state index is -0.297. The summed E-state index contributed by atoms with van der Waals surface area (Å²) in [6.45, 7) is 8.34. The topological polar surface area (TPSA) is 69.7 Å². The lowest BCUT2D eigenvalue weighted by molar-refractivity contribution is -0.115. The van der Waals surface area contributed by atoms with E-state index in [0.29, 0.717) is 28.0 Å². The number of hydrogen-bond acceptors (Lipinski definition) is 5. The van der Waals surface area contributed by atoms with Gasteiger partial charge in [-0.2, -0.15) is 0 Å². The lowest BCUT2D eigenvalue weighted by atomic mass is 9.86. The fraction of sp³-hybridized carbons (Fsp3) is 0.323. The molecule has 1 saturated heterocycles. The molecule has 3 heterocycles. The molecule has 2 N–H and O–H groups in total. The van der Waals surface area contributed by atoms with Gasteiger partial charge < -0.3 is 25.2 Å². The van der Waals surface area contributed by atoms with Crippen molar-refractivity contribution in [3.63, 3.8) is 0 Å². The molecular formula is C31H34ClN5O2S. The highest BCUT2D eigenvalue weighted by Crippen LogP contribution is 2.48. The number of amides is 1. The SMILES string of the molecule is CCC(=O)Nc1ccc(N2C(=S)NC(c3ccccn3)C2c2cc3c(cc2Cl)N(C)C(C)(C)C=C3C)cc1OC. The molecule has 0 bridgehead atoms. The van der Waals surface area contributed by atoms with Crippen molar-refractivity contribution in [2.45, 2.75) is 51.7 Å². The summed E-state index contributed by atoms with van der Waals surface area (Å²) in [5.41, 5.74) is 6.50. The Balaban J connectivity index is 1.67. The van der Waals surface area contributed by atoms with Gasteiger partial charge in [-0.15, -0.1) is 0 Å². The maximum absolute atomic E-state index is 12.1. The smallest absolute Gasteiger partial charge is 0.224 e. The molecule has 0 spiro atoms. The van der Waals surface area contributed by atoms with Crippen LogP contribution < -0.4 is 25.2 Å². The molecule has 1 fully saturated rings. The maximum Gasteiger partial charge on any atom is 0.224 e. The maximum atomic E-state index is 12.1. The fourth-order valence-corrected chi connectivity index (χ4v) is 6.15. The number of methoxy groups -OCH3 is 1. The van der Waals surface area contributed by atoms with Gasteiger partial charge in [0.2, 0.25) is 5.91 Å². The zero-order chi connectivity index (χ0) is 28.8. The normalized spacial score (nSPS) is 19.6. The van der Waals surface area contributed by atoms with Crippen LogP contribution in [0.3, 0.4) is 0 Å². The van der Waals surface area contributed by atoms with Crippen molar-refractivity contribution in [2.75, 3.05) is 29.3 Å². The number of ether oxygens (including phenoxy) is 1. The summed E-state index contributed by atoms with van der Waals surface area (Å²) >= 11 is 13.0. The number of nitrogens with zero attached hydrogens (tertiary/aromatic N) is 3. The van der Waals surface area contributed by atoms with E-state index < -0.39 is 0 Å². The van der Waals surface area contributed by atoms with Gasteiger partial charge in [0.05, 0.1) is 36.1 Å². The minimum Gasteiger partial charge on any atom is -0.494 e. The third kappa shape index (κ3) is 4.90. The Kier molecular flexibility index (Phi) is 7.50. The van der Waals surface area contributed by atoms with Crippen molar-refractivity contribution in [2.24, 2.45) is 0 Å². The Morgan fingerprint density at radius 3 is 2.67 bits per heavy atom. The molecule has 3 aromatic rings. The number of rotatable bonds is 6. The van der Waals surface area contributed by atoms with Crippen LogP contribution in [0.1, 0.15) is 63.0 Å². The lowest BCUT2D eigenvalue weighted by Gasteiger charge is -2.41. The standard InChI is InChI=1S/C31H34ClN5O2S/c1-7-27(38)34-23-12-11-19(14-26(23)39-6)37-29(28(35-30(37)40)24-10-8-9-13-33-24)21-15-20-18(2)17-31(3,4)36(5)25(20)16-22(21)32/h8-17,28-29H,7H2,1-6H3,(H,34,38)(H,35,40). The number of anilines is 3. The predicted molar refractivity (Wildman–Crippen MR) is 167 cm³/mol. The molecule has 7 nitrogen and oxygen atoms in total. The molecule has 2 aliphatic rings. The number of fused-ring (bicyclic) bond motifs is 1. The number of allylic oxidation sites excluding steroid dienone is 1. The van der Waals surface area contributed by atoms with Crippen molar-refractivity contribution in [3.8, 4) is 5.75 Å². The lowest BCUT2D eigenvalue weighted by Crippen LogP contribution is -2.42. The number of pyridine rings is 1. The second kappa shape index (κ2) is 10.7. The molecule has 0 saturated carbocycles. The highest BCUT2D eigenvalue weighted by Gasteiger charge is 2.43. The molecule has 1 amide bonds. The van der Waals surface area contributed by atoms with Crippen molar-refractivity contribution in [1.29, 1.82) is 0 Å². The van der Waals surface area contributed by atoms with Gasteiger partial charge in [-0.1, -0.05) is 30.7 Å². The Bertz CT molecular complexity index is 1510. The van der Waals surface area contributed by atoms with Gasteiger partial charge in [-0.3, -0.25) is 9.78 Å². The van der Waals surface area contributed by atoms with Crippen molar-refractivity contribution < 1.29 is 9.53 Å². The molecule has 1 aromatic heterocycles. The first-order valence-electron chi connectivity index (χ1n) is 13.3. The van der Waals surface area contributed by atoms with Crippen LogP contribution in [0.4, 0.5) is 17.1 Å². The Morgan fingerprint density at radius 1 is 1.23 bits per heavy atom. The van der Waals surface area contributed by atoms with Crippen LogP contribution in [0.25, 0.3) is 5.57 Å². The molecule has 2 aliphatic heterocycles. The number of carbonyl (C=O) groups is 1. The molecule has 9 heteroatoms. The molecule has 2 unspecified atom stereocenters. The second-order valence-corrected chi connectivity index (χ2v) is 11.5. The van der Waals surface area contributed by atoms with E-state index in [1.807, 2.05) is 43.3 Å². The number of benzene rings is 2. The molecule has 208 valence electrons. The van der Waals surface area contributed by atoms with E-state index >= 15 is 0 Å². The van der Waals surface area contributed by atoms with E-state index in [1.54, 1.807) is 13.3 Å². The van der Waals surface area contributed by atoms with Gasteiger partial charge in [-0.05, 0) is 80.5 Å². The highest BCUT2D eigenvalue weighted by atomic mass is 35.5. The predicted octanol–water partition coefficient (Wildman–Crippen LogP) is 6.90. The third-order valence-electron chi connectivity index (χ3n) is 7.81. The first-order chi connectivity index (χ1) is 19.1. The summed E-state index contributed by atoms with van der Waals surface area (Å²) in [5.74, 6) is 0.455. The van der Waals surface area contributed by atoms with Gasteiger partial charge in [0.25, 0.3) is 0 Å². The zero-order valence-electron chi connectivity index (χ0n) is 23.6. The molecule has 0 radical (unpaired) electrons. The van der Waals surface area contributed by atoms with Crippen LogP contribution in [0.2, 0.25) is 5.02 Å². The third-order valence-corrected chi connectivity index (χ3v) is 8.45. The number of likely N-dealkylation sites (N-methyl/N-ethyl adjacent to an activating group) is 1. The largest absolute Gasteiger partial charge is 0.494 e. The number of hydrogen-bond donors (Lipinski definition) is 2. The monoisotopic (exact) mass is 575 g/mol. The molecule has 0 aliphatic carbocycles. The number of halogens is 1. The average molecular weight is 576 g/mol. The summed E-state index contributed by atoms with van der Waals surface area (Å²) in [7, 11) is 3.68. The fourth-order valence-electron chi connectivity index (χ4n) is 5.54. The molecule has 40 heavy (non-hydrogen) atoms. The van der Waals surface area contributed by atoms with Gasteiger partial charge in [0, 0.05) is 47.7 Å². The number of thiocarbonyl (C=S) groups is 1. The van der Waals surface area contributed by atoms with E-state index in [2.05, 4.69) is 71.4 Å². The van der Waals surface area contributed by atoms with Crippen LogP contribution >= 0.6 is 23.8 Å². The second-order valence-electron chi connectivity index (χ2n) is 10.7. The van der Waals surface area contributed by atoms with E-state index in [9.17, 15) is 4.79 Å². The molecular weight excluding hydrogens is 542 g/mol. The summed E-state index contributed by atoms with van der Waals surface area (Å²) in [4.78, 5) is 21.1. The molecule has 2 aromatic carbocycles. The number of nitrogens with one attached hydrogen (secondary N) is 2. The van der Waals surface area contributed by atoms with Gasteiger partial charge >= 0.3 is 0 Å². The first kappa shape index (κ1) is 27.9. The summed E-state index contributed by atoms with van der Waals surface area (Å²) < 4.78 is 5.67. The number of aromatic nitrogens is 1. The van der Waals surface area contributed by atoms with Crippen LogP contribution in [0.5, 0.6) is 5.75 Å². The zero-order valence-corrected chi connectivity index (χ0v) is 25.2. The van der Waals surface area contributed by atoms with E-state index in [0.717, 1.165) is 28.2 Å². The van der Waals surface area contributed by atoms with Crippen molar-refractivity contribution in [3.05, 3.63) is 82.6 Å². The Labute approximate surface area is 246 Å². The minimum absolute atomic E-state index is 0.0880. The quantitative estimate of drug-likeness (QED) is 0.310. The van der Waals surface area contributed by atoms with E-state index in [4.69, 9.17) is 28.6 Å². The molecule has 2 atom stereocenters. The van der Waals surface area contributed by atoms with Gasteiger partial charge in [-0.25, -0.2) is 0 Å². The van der Waals surface area contributed by atoms with Crippen LogP contribution in [0, 0.1) is 0 Å². The Hall–Kier alpha value is -3.62. The van der Waals surface area contributed by atoms with Gasteiger partial charge in [0.15, 0.2) is 5.11 Å². The molecule has 5 rings (SSSR count). The van der Waals surface area contributed by atoms with Crippen LogP contribution in [-0.4, -0.2) is 35.7 Å².